The fourth-order valence-electron chi connectivity index (χ4n) is 3.12. The van der Waals surface area contributed by atoms with E-state index in [1.54, 1.807) is 0 Å². The highest BCUT2D eigenvalue weighted by atomic mass is 15.4. The minimum atomic E-state index is 0.226. The summed E-state index contributed by atoms with van der Waals surface area (Å²) in [5, 5.41) is 0. The first-order chi connectivity index (χ1) is 7.59. The molecule has 0 saturated carbocycles. The Balaban J connectivity index is 2.09. The number of nitrogens with two attached hydrogens (primary N) is 1. The molecule has 2 heterocycles. The minimum absolute atomic E-state index is 0.226. The van der Waals surface area contributed by atoms with Crippen LogP contribution in [-0.4, -0.2) is 53.5 Å². The lowest BCUT2D eigenvalue weighted by atomic mass is 9.85. The number of aliphatic imine (C=N–C) groups is 1. The van der Waals surface area contributed by atoms with Crippen LogP contribution >= 0.6 is 0 Å². The maximum absolute atomic E-state index is 6.01. The predicted molar refractivity (Wildman–Crippen MR) is 67.5 cm³/mol. The molecule has 92 valence electrons. The quantitative estimate of drug-likeness (QED) is 0.757. The van der Waals surface area contributed by atoms with Gasteiger partial charge in [-0.15, -0.1) is 0 Å². The Morgan fingerprint density at radius 2 is 2.00 bits per heavy atom. The molecule has 16 heavy (non-hydrogen) atoms. The highest BCUT2D eigenvalue weighted by Crippen LogP contribution is 2.34. The molecule has 1 saturated heterocycles. The predicted octanol–water partition coefficient (Wildman–Crippen LogP) is 0.880. The molecule has 0 aromatic rings. The third kappa shape index (κ3) is 1.79. The number of rotatable bonds is 2. The highest BCUT2D eigenvalue weighted by molar-refractivity contribution is 5.81. The number of hydrogen-bond donors (Lipinski definition) is 1. The van der Waals surface area contributed by atoms with Crippen LogP contribution in [-0.2, 0) is 0 Å². The van der Waals surface area contributed by atoms with E-state index in [1.807, 2.05) is 0 Å². The molecule has 4 nitrogen and oxygen atoms in total. The van der Waals surface area contributed by atoms with Gasteiger partial charge in [0.1, 0.15) is 0 Å². The Hall–Kier alpha value is -0.770. The van der Waals surface area contributed by atoms with E-state index >= 15 is 0 Å². The summed E-state index contributed by atoms with van der Waals surface area (Å²) in [7, 11) is 0. The summed E-state index contributed by atoms with van der Waals surface area (Å²) in [6.07, 6.45) is 2.40. The van der Waals surface area contributed by atoms with Gasteiger partial charge < -0.3 is 15.5 Å². The van der Waals surface area contributed by atoms with E-state index in [4.69, 9.17) is 5.73 Å². The van der Waals surface area contributed by atoms with Gasteiger partial charge >= 0.3 is 0 Å². The molecule has 2 rings (SSSR count). The molecule has 0 atom stereocenters. The van der Waals surface area contributed by atoms with E-state index < -0.39 is 0 Å². The summed E-state index contributed by atoms with van der Waals surface area (Å²) < 4.78 is 0. The average molecular weight is 224 g/mol. The van der Waals surface area contributed by atoms with Gasteiger partial charge in [0, 0.05) is 19.1 Å². The molecule has 2 N–H and O–H groups in total. The number of guanidine groups is 1. The van der Waals surface area contributed by atoms with Gasteiger partial charge in [-0.05, 0) is 33.2 Å². The second kappa shape index (κ2) is 4.24. The molecule has 1 spiro atoms. The molecular weight excluding hydrogens is 200 g/mol. The summed E-state index contributed by atoms with van der Waals surface area (Å²) in [5.74, 6) is 0.750. The molecular formula is C12H24N4. The van der Waals surface area contributed by atoms with E-state index in [0.29, 0.717) is 6.04 Å². The van der Waals surface area contributed by atoms with Crippen molar-refractivity contribution in [2.45, 2.75) is 45.2 Å². The maximum atomic E-state index is 6.01. The first-order valence-electron chi connectivity index (χ1n) is 6.41. The summed E-state index contributed by atoms with van der Waals surface area (Å²) in [4.78, 5) is 9.33. The molecule has 0 aromatic heterocycles. The van der Waals surface area contributed by atoms with Gasteiger partial charge in [0.05, 0.1) is 12.1 Å². The van der Waals surface area contributed by atoms with Crippen molar-refractivity contribution >= 4 is 5.96 Å². The molecule has 0 unspecified atom stereocenters. The smallest absolute Gasteiger partial charge is 0.192 e. The van der Waals surface area contributed by atoms with Crippen LogP contribution in [0, 0.1) is 0 Å². The van der Waals surface area contributed by atoms with Crippen molar-refractivity contribution in [2.24, 2.45) is 10.7 Å². The van der Waals surface area contributed by atoms with Crippen LogP contribution in [0.4, 0.5) is 0 Å². The van der Waals surface area contributed by atoms with E-state index in [0.717, 1.165) is 19.0 Å². The summed E-state index contributed by atoms with van der Waals surface area (Å²) in [6, 6.07) is 0.458. The third-order valence-corrected chi connectivity index (χ3v) is 4.04. The Morgan fingerprint density at radius 3 is 2.50 bits per heavy atom. The molecule has 0 aliphatic carbocycles. The zero-order valence-corrected chi connectivity index (χ0v) is 10.7. The lowest BCUT2D eigenvalue weighted by molar-refractivity contribution is 0.0721. The van der Waals surface area contributed by atoms with Crippen LogP contribution in [0.3, 0.4) is 0 Å². The number of nitrogens with zero attached hydrogens (tertiary/aromatic N) is 3. The van der Waals surface area contributed by atoms with Gasteiger partial charge in [-0.3, -0.25) is 4.99 Å². The van der Waals surface area contributed by atoms with Crippen molar-refractivity contribution in [3.8, 4) is 0 Å². The van der Waals surface area contributed by atoms with E-state index in [9.17, 15) is 0 Å². The molecule has 2 aliphatic rings. The third-order valence-electron chi connectivity index (χ3n) is 4.04. The Kier molecular flexibility index (Phi) is 3.10. The Morgan fingerprint density at radius 1 is 1.38 bits per heavy atom. The summed E-state index contributed by atoms with van der Waals surface area (Å²) in [5.41, 5.74) is 6.24. The van der Waals surface area contributed by atoms with Crippen molar-refractivity contribution in [1.29, 1.82) is 0 Å². The molecule has 0 amide bonds. The second-order valence-corrected chi connectivity index (χ2v) is 5.30. The first-order valence-corrected chi connectivity index (χ1v) is 6.41. The van der Waals surface area contributed by atoms with Gasteiger partial charge in [0.2, 0.25) is 0 Å². The molecule has 0 radical (unpaired) electrons. The van der Waals surface area contributed by atoms with E-state index in [2.05, 4.69) is 35.6 Å². The summed E-state index contributed by atoms with van der Waals surface area (Å²) >= 11 is 0. The van der Waals surface area contributed by atoms with Gasteiger partial charge in [0.15, 0.2) is 5.96 Å². The zero-order chi connectivity index (χ0) is 11.8. The van der Waals surface area contributed by atoms with Gasteiger partial charge in [-0.1, -0.05) is 6.92 Å². The van der Waals surface area contributed by atoms with Crippen LogP contribution < -0.4 is 5.73 Å². The molecule has 4 heteroatoms. The molecule has 1 fully saturated rings. The molecule has 2 aliphatic heterocycles. The average Bonchev–Trinajstić information content (AvgIpc) is 2.57. The van der Waals surface area contributed by atoms with Crippen LogP contribution in [0.25, 0.3) is 0 Å². The first kappa shape index (κ1) is 11.7. The van der Waals surface area contributed by atoms with Crippen molar-refractivity contribution < 1.29 is 0 Å². The largest absolute Gasteiger partial charge is 0.370 e. The van der Waals surface area contributed by atoms with E-state index in [-0.39, 0.29) is 5.54 Å². The highest BCUT2D eigenvalue weighted by Gasteiger charge is 2.45. The molecule has 0 aromatic carbocycles. The van der Waals surface area contributed by atoms with Gasteiger partial charge in [-0.25, -0.2) is 0 Å². The molecule has 0 bridgehead atoms. The fraction of sp³-hybridized carbons (Fsp3) is 0.917. The monoisotopic (exact) mass is 224 g/mol. The normalized spacial score (nSPS) is 25.5. The van der Waals surface area contributed by atoms with Crippen molar-refractivity contribution in [3.63, 3.8) is 0 Å². The maximum Gasteiger partial charge on any atom is 0.192 e. The van der Waals surface area contributed by atoms with Crippen LogP contribution in [0.2, 0.25) is 0 Å². The second-order valence-electron chi connectivity index (χ2n) is 5.30. The Labute approximate surface area is 98.5 Å². The van der Waals surface area contributed by atoms with Gasteiger partial charge in [0.25, 0.3) is 0 Å². The van der Waals surface area contributed by atoms with Gasteiger partial charge in [-0.2, -0.15) is 0 Å². The summed E-state index contributed by atoms with van der Waals surface area (Å²) in [6.45, 7) is 11.1. The van der Waals surface area contributed by atoms with Crippen LogP contribution in [0.5, 0.6) is 0 Å². The number of hydrogen-bond acceptors (Lipinski definition) is 4. The lowest BCUT2D eigenvalue weighted by Gasteiger charge is -2.46. The lowest BCUT2D eigenvalue weighted by Crippen LogP contribution is -2.59. The Bertz CT molecular complexity index is 277. The zero-order valence-electron chi connectivity index (χ0n) is 10.7. The van der Waals surface area contributed by atoms with Crippen molar-refractivity contribution in [1.82, 2.24) is 9.80 Å². The van der Waals surface area contributed by atoms with Crippen molar-refractivity contribution in [3.05, 3.63) is 0 Å². The standard InChI is InChI=1S/C12H24N4/c1-4-15-7-5-12(6-8-15)9-14-11(13)16(12)10(2)3/h10H,4-9H2,1-3H3,(H2,13,14). The van der Waals surface area contributed by atoms with E-state index in [1.165, 1.54) is 25.9 Å². The SMILES string of the molecule is CCN1CCC2(CC1)CN=C(N)N2C(C)C. The minimum Gasteiger partial charge on any atom is -0.370 e. The fourth-order valence-corrected chi connectivity index (χ4v) is 3.12. The topological polar surface area (TPSA) is 44.9 Å². The number of piperidine rings is 1. The van der Waals surface area contributed by atoms with Crippen molar-refractivity contribution in [2.75, 3.05) is 26.2 Å². The number of likely N-dealkylation sites (tertiary alicyclic amines) is 1. The van der Waals surface area contributed by atoms with Crippen LogP contribution in [0.15, 0.2) is 4.99 Å². The van der Waals surface area contributed by atoms with Crippen LogP contribution in [0.1, 0.15) is 33.6 Å².